The van der Waals surface area contributed by atoms with Crippen LogP contribution in [0.25, 0.3) is 0 Å². The highest BCUT2D eigenvalue weighted by Gasteiger charge is 2.18. The number of carboxylic acid groups (broad SMARTS) is 1. The van der Waals surface area contributed by atoms with Crippen LogP contribution in [0.4, 0.5) is 4.79 Å². The smallest absolute Gasteiger partial charge is 0.131 e. The van der Waals surface area contributed by atoms with Crippen molar-refractivity contribution in [3.8, 4) is 0 Å². The van der Waals surface area contributed by atoms with E-state index in [2.05, 4.69) is 26.5 Å². The second kappa shape index (κ2) is 13.0. The molecule has 0 bridgehead atoms. The third kappa shape index (κ3) is 12.0. The molecule has 0 unspecified atom stereocenters. The number of nitrogens with zero attached hydrogens (tertiary/aromatic N) is 1. The van der Waals surface area contributed by atoms with Crippen LogP contribution in [0.5, 0.6) is 0 Å². The van der Waals surface area contributed by atoms with Gasteiger partial charge >= 0.3 is 0 Å². The van der Waals surface area contributed by atoms with E-state index < -0.39 is 6.09 Å². The number of aliphatic hydroxyl groups excluding tert-OH is 1. The van der Waals surface area contributed by atoms with E-state index in [1.54, 1.807) is 0 Å². The average Bonchev–Trinajstić information content (AvgIpc) is 2.20. The van der Waals surface area contributed by atoms with Crippen molar-refractivity contribution >= 4 is 6.09 Å². The van der Waals surface area contributed by atoms with Gasteiger partial charge in [0.1, 0.15) is 6.09 Å². The molecule has 0 radical (unpaired) electrons. The first-order valence-electron chi connectivity index (χ1n) is 5.40. The fraction of sp³-hybridized carbons (Fsp3) is 0.900. The van der Waals surface area contributed by atoms with Gasteiger partial charge in [-0.3, -0.25) is 0 Å². The SMILES string of the molecule is CC[N+](CC)(CC)CCCO.NC(=O)[O-].[I-]. The Hall–Kier alpha value is -0.0800. The van der Waals surface area contributed by atoms with Gasteiger partial charge in [0.05, 0.1) is 26.2 Å². The molecule has 0 aliphatic carbocycles. The lowest BCUT2D eigenvalue weighted by Gasteiger charge is -2.35. The normalized spacial score (nSPS) is 9.75. The summed E-state index contributed by atoms with van der Waals surface area (Å²) in [4.78, 5) is 8.67. The minimum absolute atomic E-state index is 0. The molecule has 0 aromatic rings. The Labute approximate surface area is 115 Å². The standard InChI is InChI=1S/C9H22NO.CH3NO2.HI/c1-4-10(5-2,6-3)8-7-9-11;2-1(3)4;/h11H,4-9H2,1-3H3;2H2,(H,3,4);1H/q+1;;/p-2. The minimum Gasteiger partial charge on any atom is -1.00 e. The summed E-state index contributed by atoms with van der Waals surface area (Å²) in [7, 11) is 0. The van der Waals surface area contributed by atoms with Crippen molar-refractivity contribution in [2.75, 3.05) is 32.8 Å². The van der Waals surface area contributed by atoms with Crippen molar-refractivity contribution < 1.29 is 43.5 Å². The minimum atomic E-state index is -1.58. The zero-order chi connectivity index (χ0) is 12.3. The lowest BCUT2D eigenvalue weighted by Crippen LogP contribution is -3.00. The number of halogens is 1. The molecule has 0 fully saturated rings. The molecular formula is C10H24IN2O3-. The van der Waals surface area contributed by atoms with Gasteiger partial charge in [0, 0.05) is 13.0 Å². The van der Waals surface area contributed by atoms with E-state index in [1.165, 1.54) is 19.6 Å². The van der Waals surface area contributed by atoms with Crippen LogP contribution >= 0.6 is 0 Å². The number of quaternary nitrogens is 1. The molecule has 0 spiro atoms. The van der Waals surface area contributed by atoms with Gasteiger partial charge in [-0.2, -0.15) is 0 Å². The molecule has 100 valence electrons. The summed E-state index contributed by atoms with van der Waals surface area (Å²) < 4.78 is 1.15. The Bertz CT molecular complexity index is 152. The molecule has 0 saturated heterocycles. The Morgan fingerprint density at radius 3 is 1.75 bits per heavy atom. The third-order valence-corrected chi connectivity index (χ3v) is 2.80. The molecule has 0 aliphatic heterocycles. The number of rotatable bonds is 6. The first-order valence-corrected chi connectivity index (χ1v) is 5.40. The van der Waals surface area contributed by atoms with Gasteiger partial charge in [-0.25, -0.2) is 0 Å². The highest BCUT2D eigenvalue weighted by molar-refractivity contribution is 5.58. The fourth-order valence-electron chi connectivity index (χ4n) is 1.55. The van der Waals surface area contributed by atoms with Gasteiger partial charge in [0.2, 0.25) is 0 Å². The van der Waals surface area contributed by atoms with Gasteiger partial charge in [-0.05, 0) is 20.8 Å². The fourth-order valence-corrected chi connectivity index (χ4v) is 1.55. The molecule has 0 aliphatic rings. The van der Waals surface area contributed by atoms with Crippen LogP contribution in [0.2, 0.25) is 0 Å². The first-order chi connectivity index (χ1) is 6.97. The van der Waals surface area contributed by atoms with Crippen LogP contribution in [-0.4, -0.2) is 48.5 Å². The molecule has 3 N–H and O–H groups in total. The van der Waals surface area contributed by atoms with E-state index in [0.717, 1.165) is 17.4 Å². The summed E-state index contributed by atoms with van der Waals surface area (Å²) >= 11 is 0. The Kier molecular flexibility index (Phi) is 17.2. The molecule has 6 heteroatoms. The van der Waals surface area contributed by atoms with Crippen molar-refractivity contribution in [1.82, 2.24) is 0 Å². The highest BCUT2D eigenvalue weighted by atomic mass is 127. The monoisotopic (exact) mass is 347 g/mol. The Morgan fingerprint density at radius 1 is 1.25 bits per heavy atom. The number of primary amides is 1. The molecule has 5 nitrogen and oxygen atoms in total. The number of carbonyl (C=O) groups excluding carboxylic acids is 1. The topological polar surface area (TPSA) is 86.4 Å². The molecule has 0 aromatic carbocycles. The van der Waals surface area contributed by atoms with Crippen LogP contribution in [0.3, 0.4) is 0 Å². The van der Waals surface area contributed by atoms with Crippen molar-refractivity contribution in [3.05, 3.63) is 0 Å². The van der Waals surface area contributed by atoms with Gasteiger partial charge in [-0.1, -0.05) is 0 Å². The zero-order valence-corrected chi connectivity index (χ0v) is 12.6. The molecule has 0 rings (SSSR count). The molecule has 1 amide bonds. The van der Waals surface area contributed by atoms with E-state index in [0.29, 0.717) is 6.61 Å². The summed E-state index contributed by atoms with van der Waals surface area (Å²) in [5.41, 5.74) is 3.92. The summed E-state index contributed by atoms with van der Waals surface area (Å²) in [6.45, 7) is 11.7. The highest BCUT2D eigenvalue weighted by Crippen LogP contribution is 2.06. The summed E-state index contributed by atoms with van der Waals surface area (Å²) in [6.07, 6.45) is -0.643. The summed E-state index contributed by atoms with van der Waals surface area (Å²) in [5, 5.41) is 17.4. The predicted molar refractivity (Wildman–Crippen MR) is 58.0 cm³/mol. The number of nitrogens with two attached hydrogens (primary N) is 1. The van der Waals surface area contributed by atoms with Crippen LogP contribution < -0.4 is 34.8 Å². The van der Waals surface area contributed by atoms with E-state index in [1.807, 2.05) is 0 Å². The molecule has 0 heterocycles. The van der Waals surface area contributed by atoms with Crippen LogP contribution in [-0.2, 0) is 0 Å². The van der Waals surface area contributed by atoms with Crippen molar-refractivity contribution in [1.29, 1.82) is 0 Å². The number of hydrogen-bond acceptors (Lipinski definition) is 3. The lowest BCUT2D eigenvalue weighted by molar-refractivity contribution is -0.923. The van der Waals surface area contributed by atoms with Crippen LogP contribution in [0.15, 0.2) is 0 Å². The van der Waals surface area contributed by atoms with Crippen molar-refractivity contribution in [3.63, 3.8) is 0 Å². The van der Waals surface area contributed by atoms with E-state index in [-0.39, 0.29) is 24.0 Å². The van der Waals surface area contributed by atoms with Gasteiger partial charge in [0.25, 0.3) is 0 Å². The van der Waals surface area contributed by atoms with Gasteiger partial charge in [0.15, 0.2) is 0 Å². The summed E-state index contributed by atoms with van der Waals surface area (Å²) in [6, 6.07) is 0. The molecule has 0 atom stereocenters. The molecule has 0 saturated carbocycles. The largest absolute Gasteiger partial charge is 1.00 e. The lowest BCUT2D eigenvalue weighted by atomic mass is 10.3. The molecular weight excluding hydrogens is 323 g/mol. The predicted octanol–water partition coefficient (Wildman–Crippen LogP) is -3.46. The van der Waals surface area contributed by atoms with E-state index in [4.69, 9.17) is 15.0 Å². The Balaban J connectivity index is -0.000000292. The zero-order valence-electron chi connectivity index (χ0n) is 10.4. The van der Waals surface area contributed by atoms with Crippen LogP contribution in [0.1, 0.15) is 27.2 Å². The van der Waals surface area contributed by atoms with E-state index >= 15 is 0 Å². The quantitative estimate of drug-likeness (QED) is 0.387. The summed E-state index contributed by atoms with van der Waals surface area (Å²) in [5.74, 6) is 0. The maximum absolute atomic E-state index is 8.71. The molecule has 0 aromatic heterocycles. The van der Waals surface area contributed by atoms with Gasteiger partial charge in [-0.15, -0.1) is 0 Å². The first kappa shape index (κ1) is 21.2. The average molecular weight is 347 g/mol. The van der Waals surface area contributed by atoms with Crippen molar-refractivity contribution in [2.45, 2.75) is 27.2 Å². The number of hydrogen-bond donors (Lipinski definition) is 2. The Morgan fingerprint density at radius 2 is 1.56 bits per heavy atom. The van der Waals surface area contributed by atoms with Crippen molar-refractivity contribution in [2.24, 2.45) is 5.73 Å². The third-order valence-electron chi connectivity index (χ3n) is 2.80. The number of amides is 1. The van der Waals surface area contributed by atoms with Crippen LogP contribution in [0, 0.1) is 0 Å². The number of aliphatic hydroxyl groups is 1. The maximum atomic E-state index is 8.71. The second-order valence-electron chi connectivity index (χ2n) is 3.41. The number of carbonyl (C=O) groups is 1. The van der Waals surface area contributed by atoms with Gasteiger partial charge < -0.3 is 49.2 Å². The second-order valence-corrected chi connectivity index (χ2v) is 3.41. The maximum Gasteiger partial charge on any atom is 0.131 e. The van der Waals surface area contributed by atoms with E-state index in [9.17, 15) is 0 Å². The molecule has 16 heavy (non-hydrogen) atoms.